The van der Waals surface area contributed by atoms with Crippen molar-refractivity contribution in [2.45, 2.75) is 63.2 Å². The Bertz CT molecular complexity index is 181. The van der Waals surface area contributed by atoms with Gasteiger partial charge in [0, 0.05) is 5.25 Å². The second-order valence-corrected chi connectivity index (χ2v) is 6.03. The molecule has 0 spiro atoms. The first-order valence-electron chi connectivity index (χ1n) is 5.65. The van der Waals surface area contributed by atoms with E-state index in [9.17, 15) is 5.11 Å². The minimum atomic E-state index is -0.383. The van der Waals surface area contributed by atoms with Gasteiger partial charge in [0.15, 0.2) is 0 Å². The van der Waals surface area contributed by atoms with E-state index in [1.54, 1.807) is 0 Å². The van der Waals surface area contributed by atoms with Gasteiger partial charge >= 0.3 is 0 Å². The molecule has 82 valence electrons. The van der Waals surface area contributed by atoms with Crippen LogP contribution in [-0.2, 0) is 0 Å². The average Bonchev–Trinajstić information content (AvgIpc) is 2.14. The largest absolute Gasteiger partial charge is 0.390 e. The van der Waals surface area contributed by atoms with Gasteiger partial charge in [0.1, 0.15) is 0 Å². The van der Waals surface area contributed by atoms with E-state index in [0.717, 1.165) is 19.3 Å². The lowest BCUT2D eigenvalue weighted by Gasteiger charge is -2.30. The van der Waals surface area contributed by atoms with Gasteiger partial charge in [-0.25, -0.2) is 0 Å². The third-order valence-corrected chi connectivity index (χ3v) is 3.62. The van der Waals surface area contributed by atoms with Gasteiger partial charge in [-0.2, -0.15) is 0 Å². The van der Waals surface area contributed by atoms with Gasteiger partial charge in [-0.1, -0.05) is 39.2 Å². The zero-order valence-electron chi connectivity index (χ0n) is 9.33. The predicted molar refractivity (Wildman–Crippen MR) is 64.5 cm³/mol. The van der Waals surface area contributed by atoms with Crippen LogP contribution >= 0.6 is 11.8 Å². The van der Waals surface area contributed by atoms with E-state index in [1.165, 1.54) is 19.3 Å². The molecule has 1 aliphatic carbocycles. The van der Waals surface area contributed by atoms with Crippen LogP contribution in [0.1, 0.15) is 52.4 Å². The van der Waals surface area contributed by atoms with Crippen molar-refractivity contribution in [3.8, 4) is 0 Å². The van der Waals surface area contributed by atoms with E-state index in [-0.39, 0.29) is 5.60 Å². The highest BCUT2D eigenvalue weighted by Gasteiger charge is 2.27. The molecule has 0 aromatic rings. The molecule has 0 bridgehead atoms. The Balaban J connectivity index is 2.24. The fraction of sp³-hybridized carbons (Fsp3) is 0.833. The average molecular weight is 214 g/mol. The smallest absolute Gasteiger partial charge is 0.0682 e. The molecule has 0 aromatic carbocycles. The topological polar surface area (TPSA) is 20.2 Å². The van der Waals surface area contributed by atoms with Gasteiger partial charge in [-0.15, -0.1) is 11.8 Å². The van der Waals surface area contributed by atoms with Crippen LogP contribution in [0.3, 0.4) is 0 Å². The van der Waals surface area contributed by atoms with E-state index < -0.39 is 0 Å². The molecule has 0 unspecified atom stereocenters. The lowest BCUT2D eigenvalue weighted by Crippen LogP contribution is -2.30. The van der Waals surface area contributed by atoms with Crippen molar-refractivity contribution < 1.29 is 5.11 Å². The fourth-order valence-electron chi connectivity index (χ4n) is 1.89. The number of rotatable bonds is 4. The van der Waals surface area contributed by atoms with Crippen LogP contribution in [0.4, 0.5) is 0 Å². The molecule has 1 nitrogen and oxygen atoms in total. The Morgan fingerprint density at radius 2 is 1.93 bits per heavy atom. The van der Waals surface area contributed by atoms with Crippen LogP contribution in [0.5, 0.6) is 0 Å². The van der Waals surface area contributed by atoms with Crippen LogP contribution < -0.4 is 0 Å². The lowest BCUT2D eigenvalue weighted by molar-refractivity contribution is 0.00700. The first-order chi connectivity index (χ1) is 6.62. The molecule has 2 heteroatoms. The Morgan fingerprint density at radius 3 is 2.50 bits per heavy atom. The van der Waals surface area contributed by atoms with Crippen molar-refractivity contribution >= 4 is 11.8 Å². The van der Waals surface area contributed by atoms with Crippen molar-refractivity contribution in [1.82, 2.24) is 0 Å². The molecule has 1 fully saturated rings. The first kappa shape index (κ1) is 12.1. The molecule has 0 radical (unpaired) electrons. The summed E-state index contributed by atoms with van der Waals surface area (Å²) in [5, 5.41) is 13.0. The van der Waals surface area contributed by atoms with Crippen LogP contribution in [0.25, 0.3) is 0 Å². The molecule has 0 amide bonds. The van der Waals surface area contributed by atoms with Gasteiger partial charge in [0.2, 0.25) is 0 Å². The van der Waals surface area contributed by atoms with Gasteiger partial charge in [-0.3, -0.25) is 0 Å². The zero-order chi connectivity index (χ0) is 10.4. The molecule has 0 atom stereocenters. The van der Waals surface area contributed by atoms with Crippen LogP contribution in [0.15, 0.2) is 11.5 Å². The summed E-state index contributed by atoms with van der Waals surface area (Å²) in [6.07, 6.45) is 8.65. The first-order valence-corrected chi connectivity index (χ1v) is 6.59. The van der Waals surface area contributed by atoms with Crippen LogP contribution in [0.2, 0.25) is 0 Å². The Morgan fingerprint density at radius 1 is 1.29 bits per heavy atom. The summed E-state index contributed by atoms with van der Waals surface area (Å²) < 4.78 is 0. The Hall–Kier alpha value is 0.0500. The highest BCUT2D eigenvalue weighted by atomic mass is 32.2. The standard InChI is InChI=1S/C12H22OS/c1-11(2)14-10-6-9-12(13)7-4-3-5-8-12/h6,10-11,13H,3-5,7-9H2,1-2H3. The van der Waals surface area contributed by atoms with Crippen molar-refractivity contribution in [3.63, 3.8) is 0 Å². The monoisotopic (exact) mass is 214 g/mol. The van der Waals surface area contributed by atoms with Crippen LogP contribution in [0, 0.1) is 0 Å². The van der Waals surface area contributed by atoms with Crippen LogP contribution in [-0.4, -0.2) is 16.0 Å². The molecule has 0 aromatic heterocycles. The van der Waals surface area contributed by atoms with Crippen molar-refractivity contribution in [3.05, 3.63) is 11.5 Å². The molecule has 0 saturated heterocycles. The maximum absolute atomic E-state index is 10.2. The second kappa shape index (κ2) is 5.82. The van der Waals surface area contributed by atoms with Gasteiger partial charge < -0.3 is 5.11 Å². The fourth-order valence-corrected chi connectivity index (χ4v) is 2.42. The number of hydrogen-bond acceptors (Lipinski definition) is 2. The highest BCUT2D eigenvalue weighted by Crippen LogP contribution is 2.31. The highest BCUT2D eigenvalue weighted by molar-refractivity contribution is 8.02. The van der Waals surface area contributed by atoms with E-state index in [1.807, 2.05) is 11.8 Å². The third kappa shape index (κ3) is 4.52. The van der Waals surface area contributed by atoms with E-state index in [0.29, 0.717) is 5.25 Å². The molecule has 14 heavy (non-hydrogen) atoms. The predicted octanol–water partition coefficient (Wildman–Crippen LogP) is 3.73. The molecule has 0 aliphatic heterocycles. The minimum Gasteiger partial charge on any atom is -0.390 e. The van der Waals surface area contributed by atoms with Crippen molar-refractivity contribution in [2.75, 3.05) is 0 Å². The molecular weight excluding hydrogens is 192 g/mol. The SMILES string of the molecule is CC(C)SC=CCC1(O)CCCCC1. The normalized spacial score (nSPS) is 22.0. The molecule has 1 N–H and O–H groups in total. The number of aliphatic hydroxyl groups is 1. The van der Waals surface area contributed by atoms with Crippen molar-refractivity contribution in [2.24, 2.45) is 0 Å². The van der Waals surface area contributed by atoms with Gasteiger partial charge in [0.25, 0.3) is 0 Å². The van der Waals surface area contributed by atoms with Crippen molar-refractivity contribution in [1.29, 1.82) is 0 Å². The lowest BCUT2D eigenvalue weighted by atomic mass is 9.83. The Labute approximate surface area is 92.0 Å². The molecular formula is C12H22OS. The quantitative estimate of drug-likeness (QED) is 0.769. The summed E-state index contributed by atoms with van der Waals surface area (Å²) in [7, 11) is 0. The van der Waals surface area contributed by atoms with Gasteiger partial charge in [-0.05, 0) is 24.7 Å². The van der Waals surface area contributed by atoms with E-state index in [2.05, 4.69) is 25.3 Å². The maximum atomic E-state index is 10.2. The number of thioether (sulfide) groups is 1. The minimum absolute atomic E-state index is 0.383. The van der Waals surface area contributed by atoms with E-state index >= 15 is 0 Å². The molecule has 0 heterocycles. The summed E-state index contributed by atoms with van der Waals surface area (Å²) in [6, 6.07) is 0. The molecule has 1 aliphatic rings. The number of hydrogen-bond donors (Lipinski definition) is 1. The maximum Gasteiger partial charge on any atom is 0.0682 e. The summed E-state index contributed by atoms with van der Waals surface area (Å²) in [4.78, 5) is 0. The summed E-state index contributed by atoms with van der Waals surface area (Å²) >= 11 is 1.83. The molecule has 1 rings (SSSR count). The van der Waals surface area contributed by atoms with Gasteiger partial charge in [0.05, 0.1) is 5.60 Å². The summed E-state index contributed by atoms with van der Waals surface area (Å²) in [5.41, 5.74) is -0.383. The Kier molecular flexibility index (Phi) is 5.04. The second-order valence-electron chi connectivity index (χ2n) is 4.55. The summed E-state index contributed by atoms with van der Waals surface area (Å²) in [5.74, 6) is 0. The molecule has 1 saturated carbocycles. The van der Waals surface area contributed by atoms with E-state index in [4.69, 9.17) is 0 Å². The summed E-state index contributed by atoms with van der Waals surface area (Å²) in [6.45, 7) is 4.37. The third-order valence-electron chi connectivity index (χ3n) is 2.73. The zero-order valence-corrected chi connectivity index (χ0v) is 10.1.